The molecule has 2 aliphatic rings. The minimum absolute atomic E-state index is 0.0490. The molecule has 2 aromatic heterocycles. The molecule has 2 N–H and O–H groups in total. The van der Waals surface area contributed by atoms with Gasteiger partial charge in [-0.3, -0.25) is 9.36 Å². The summed E-state index contributed by atoms with van der Waals surface area (Å²) in [6.07, 6.45) is 9.37. The number of allylic oxidation sites excluding steroid dienone is 3. The second-order valence-corrected chi connectivity index (χ2v) is 10.9. The molecule has 0 fully saturated rings. The van der Waals surface area contributed by atoms with Gasteiger partial charge in [-0.1, -0.05) is 61.5 Å². The largest absolute Gasteiger partial charge is 0.398 e. The molecule has 0 amide bonds. The maximum Gasteiger partial charge on any atom is 0.263 e. The van der Waals surface area contributed by atoms with Crippen LogP contribution >= 0.6 is 0 Å². The van der Waals surface area contributed by atoms with Gasteiger partial charge in [0.25, 0.3) is 5.56 Å². The highest BCUT2D eigenvalue weighted by Crippen LogP contribution is 2.37. The van der Waals surface area contributed by atoms with Gasteiger partial charge in [-0.2, -0.15) is 5.10 Å². The van der Waals surface area contributed by atoms with E-state index in [2.05, 4.69) is 6.07 Å². The van der Waals surface area contributed by atoms with E-state index in [1.165, 1.54) is 0 Å². The molecule has 0 saturated heterocycles. The monoisotopic (exact) mass is 561 g/mol. The lowest BCUT2D eigenvalue weighted by molar-refractivity contribution is 0.0144. The van der Waals surface area contributed by atoms with E-state index >= 15 is 0 Å². The van der Waals surface area contributed by atoms with Crippen molar-refractivity contribution in [2.24, 2.45) is 16.6 Å². The maximum atomic E-state index is 14.2. The molecule has 42 heavy (non-hydrogen) atoms. The molecule has 214 valence electrons. The fourth-order valence-corrected chi connectivity index (χ4v) is 5.91. The first-order valence-corrected chi connectivity index (χ1v) is 14.1. The van der Waals surface area contributed by atoms with Crippen LogP contribution in [0.4, 0.5) is 5.82 Å². The van der Waals surface area contributed by atoms with E-state index < -0.39 is 0 Å². The second-order valence-electron chi connectivity index (χ2n) is 10.9. The number of methoxy groups -OCH3 is 2. The summed E-state index contributed by atoms with van der Waals surface area (Å²) in [4.78, 5) is 19.0. The standard InChI is InChI=1S/C34H35N5O3/c1-20-15-26(35)31-32(24-13-14-28(41-4)29(17-24)42-5)37-38(33(31)36-18-20)19-25-16-23-11-8-10-22(3)30(23)34(40)39(25)27-12-7-6-9-21(27)2/h6-18,20,28-29H,19,35H2,1-5H3. The number of rotatable bonds is 6. The lowest BCUT2D eigenvalue weighted by Crippen LogP contribution is -2.28. The lowest BCUT2D eigenvalue weighted by atomic mass is 9.96. The number of aryl methyl sites for hydroxylation is 2. The Labute approximate surface area is 245 Å². The zero-order valence-corrected chi connectivity index (χ0v) is 24.5. The Morgan fingerprint density at radius 2 is 1.74 bits per heavy atom. The normalized spacial score (nSPS) is 19.9. The number of hydrogen-bond donors (Lipinski definition) is 1. The molecule has 1 aliphatic heterocycles. The maximum absolute atomic E-state index is 14.2. The van der Waals surface area contributed by atoms with Crippen LogP contribution in [0.1, 0.15) is 35.0 Å². The number of aromatic nitrogens is 3. The summed E-state index contributed by atoms with van der Waals surface area (Å²) in [7, 11) is 3.33. The van der Waals surface area contributed by atoms with Gasteiger partial charge in [-0.15, -0.1) is 0 Å². The van der Waals surface area contributed by atoms with E-state index in [0.717, 1.165) is 39.0 Å². The Morgan fingerprint density at radius 1 is 0.976 bits per heavy atom. The number of benzene rings is 2. The van der Waals surface area contributed by atoms with Gasteiger partial charge >= 0.3 is 0 Å². The predicted octanol–water partition coefficient (Wildman–Crippen LogP) is 5.49. The molecule has 0 spiro atoms. The molecule has 4 aromatic rings. The highest BCUT2D eigenvalue weighted by molar-refractivity contribution is 5.90. The summed E-state index contributed by atoms with van der Waals surface area (Å²) in [6.45, 7) is 6.35. The van der Waals surface area contributed by atoms with E-state index in [4.69, 9.17) is 25.3 Å². The number of nitrogens with zero attached hydrogens (tertiary/aromatic N) is 4. The number of ether oxygens (including phenoxy) is 2. The molecule has 3 atom stereocenters. The molecule has 6 rings (SSSR count). The van der Waals surface area contributed by atoms with E-state index in [9.17, 15) is 4.79 Å². The molecule has 8 heteroatoms. The Kier molecular flexibility index (Phi) is 7.26. The summed E-state index contributed by atoms with van der Waals surface area (Å²) in [5.41, 5.74) is 13.2. The van der Waals surface area contributed by atoms with Gasteiger partial charge in [0.1, 0.15) is 17.9 Å². The average Bonchev–Trinajstić information content (AvgIpc) is 3.26. The molecule has 3 heterocycles. The molecular formula is C34H35N5O3. The second kappa shape index (κ2) is 11.0. The van der Waals surface area contributed by atoms with Crippen molar-refractivity contribution in [3.05, 3.63) is 111 Å². The molecule has 0 saturated carbocycles. The quantitative estimate of drug-likeness (QED) is 0.336. The number of hydrogen-bond acceptors (Lipinski definition) is 6. The molecular weight excluding hydrogens is 526 g/mol. The van der Waals surface area contributed by atoms with Crippen molar-refractivity contribution < 1.29 is 9.47 Å². The van der Waals surface area contributed by atoms with Crippen LogP contribution in [0.25, 0.3) is 27.7 Å². The highest BCUT2D eigenvalue weighted by atomic mass is 16.5. The van der Waals surface area contributed by atoms with Crippen LogP contribution in [0.3, 0.4) is 0 Å². The molecule has 1 aliphatic carbocycles. The van der Waals surface area contributed by atoms with Crippen molar-refractivity contribution in [2.45, 2.75) is 39.5 Å². The summed E-state index contributed by atoms with van der Waals surface area (Å²) in [5.74, 6) is 0.696. The third-order valence-corrected chi connectivity index (χ3v) is 8.04. The zero-order valence-electron chi connectivity index (χ0n) is 24.5. The van der Waals surface area contributed by atoms with E-state index in [1.807, 2.05) is 103 Å². The number of fused-ring (bicyclic) bond motifs is 2. The van der Waals surface area contributed by atoms with E-state index in [1.54, 1.807) is 14.2 Å². The minimum Gasteiger partial charge on any atom is -0.398 e. The van der Waals surface area contributed by atoms with Crippen LogP contribution in [-0.4, -0.2) is 47.0 Å². The van der Waals surface area contributed by atoms with Gasteiger partial charge in [0.15, 0.2) is 5.82 Å². The third kappa shape index (κ3) is 4.72. The van der Waals surface area contributed by atoms with Gasteiger partial charge in [-0.05, 0) is 48.6 Å². The number of para-hydroxylation sites is 1. The van der Waals surface area contributed by atoms with Gasteiger partial charge < -0.3 is 15.2 Å². The zero-order chi connectivity index (χ0) is 29.5. The first-order valence-electron chi connectivity index (χ1n) is 14.1. The molecule has 3 unspecified atom stereocenters. The summed E-state index contributed by atoms with van der Waals surface area (Å²) >= 11 is 0. The number of aliphatic imine (C=N–C) groups is 1. The van der Waals surface area contributed by atoms with Crippen LogP contribution in [0.2, 0.25) is 0 Å². The Balaban J connectivity index is 1.58. The van der Waals surface area contributed by atoms with Gasteiger partial charge in [0.2, 0.25) is 0 Å². The summed E-state index contributed by atoms with van der Waals surface area (Å²) in [5, 5.41) is 6.68. The van der Waals surface area contributed by atoms with Crippen LogP contribution in [-0.2, 0) is 16.0 Å². The summed E-state index contributed by atoms with van der Waals surface area (Å²) in [6, 6.07) is 16.0. The Morgan fingerprint density at radius 3 is 2.50 bits per heavy atom. The van der Waals surface area contributed by atoms with E-state index in [-0.39, 0.29) is 23.7 Å². The SMILES string of the molecule is COC1C=CC(c2nn(Cc3cc4cccc(C)c4c(=O)n3-c3ccccc3C)c3c2C(N)=CC(C)C=N3)=CC1OC. The van der Waals surface area contributed by atoms with Crippen LogP contribution in [0.5, 0.6) is 0 Å². The van der Waals surface area contributed by atoms with Crippen molar-refractivity contribution in [2.75, 3.05) is 14.2 Å². The first kappa shape index (κ1) is 27.6. The van der Waals surface area contributed by atoms with Crippen molar-refractivity contribution in [1.29, 1.82) is 0 Å². The van der Waals surface area contributed by atoms with Crippen LogP contribution < -0.4 is 11.3 Å². The minimum atomic E-state index is -0.274. The summed E-state index contributed by atoms with van der Waals surface area (Å²) < 4.78 is 14.9. The van der Waals surface area contributed by atoms with Crippen molar-refractivity contribution >= 4 is 34.1 Å². The van der Waals surface area contributed by atoms with Gasteiger partial charge in [-0.25, -0.2) is 9.67 Å². The van der Waals surface area contributed by atoms with Crippen molar-refractivity contribution in [1.82, 2.24) is 14.3 Å². The van der Waals surface area contributed by atoms with Gasteiger partial charge in [0, 0.05) is 43.3 Å². The Bertz CT molecular complexity index is 1870. The van der Waals surface area contributed by atoms with Crippen LogP contribution in [0.15, 0.2) is 82.6 Å². The predicted molar refractivity (Wildman–Crippen MR) is 169 cm³/mol. The van der Waals surface area contributed by atoms with Gasteiger partial charge in [0.05, 0.1) is 23.2 Å². The molecule has 2 aromatic carbocycles. The lowest BCUT2D eigenvalue weighted by Gasteiger charge is -2.23. The Hall–Kier alpha value is -4.53. The van der Waals surface area contributed by atoms with Crippen LogP contribution in [0, 0.1) is 19.8 Å². The van der Waals surface area contributed by atoms with E-state index in [0.29, 0.717) is 29.1 Å². The topological polar surface area (TPSA) is 96.7 Å². The smallest absolute Gasteiger partial charge is 0.263 e. The molecule has 0 bridgehead atoms. The fraction of sp³-hybridized carbons (Fsp3) is 0.265. The first-order chi connectivity index (χ1) is 20.3. The average molecular weight is 562 g/mol. The molecule has 0 radical (unpaired) electrons. The fourth-order valence-electron chi connectivity index (χ4n) is 5.91. The van der Waals surface area contributed by atoms with Crippen molar-refractivity contribution in [3.8, 4) is 5.69 Å². The third-order valence-electron chi connectivity index (χ3n) is 8.04. The number of pyridine rings is 1. The number of nitrogens with two attached hydrogens (primary N) is 1. The molecule has 8 nitrogen and oxygen atoms in total. The highest BCUT2D eigenvalue weighted by Gasteiger charge is 2.28. The van der Waals surface area contributed by atoms with Crippen molar-refractivity contribution in [3.63, 3.8) is 0 Å².